The highest BCUT2D eigenvalue weighted by Crippen LogP contribution is 2.22. The molecule has 1 aromatic carbocycles. The highest BCUT2D eigenvalue weighted by atomic mass is 15.3. The molecule has 1 aromatic heterocycles. The Morgan fingerprint density at radius 3 is 3.14 bits per heavy atom. The number of imidazole rings is 1. The molecular weight excluding hydrogens is 262 g/mol. The van der Waals surface area contributed by atoms with Crippen LogP contribution in [0.25, 0.3) is 11.0 Å². The minimum Gasteiger partial charge on any atom is -0.399 e. The third kappa shape index (κ3) is 2.63. The Hall–Kier alpha value is -1.59. The van der Waals surface area contributed by atoms with Gasteiger partial charge in [-0.1, -0.05) is 6.42 Å². The number of nitrogens with one attached hydrogen (secondary N) is 1. The Morgan fingerprint density at radius 2 is 2.19 bits per heavy atom. The molecule has 2 aromatic rings. The molecule has 2 saturated heterocycles. The van der Waals surface area contributed by atoms with E-state index in [0.29, 0.717) is 0 Å². The highest BCUT2D eigenvalue weighted by Gasteiger charge is 2.29. The van der Waals surface area contributed by atoms with Crippen LogP contribution >= 0.6 is 0 Å². The van der Waals surface area contributed by atoms with Gasteiger partial charge in [0.25, 0.3) is 0 Å². The Balaban J connectivity index is 1.47. The number of aromatic nitrogens is 2. The number of hydrogen-bond acceptors (Lipinski definition) is 4. The van der Waals surface area contributed by atoms with Crippen molar-refractivity contribution in [3.63, 3.8) is 0 Å². The second kappa shape index (κ2) is 5.31. The van der Waals surface area contributed by atoms with Gasteiger partial charge in [0.05, 0.1) is 17.6 Å². The van der Waals surface area contributed by atoms with E-state index in [1.165, 1.54) is 38.9 Å². The van der Waals surface area contributed by atoms with E-state index < -0.39 is 0 Å². The molecule has 1 atom stereocenters. The molecule has 0 saturated carbocycles. The summed E-state index contributed by atoms with van der Waals surface area (Å²) in [4.78, 5) is 13.3. The standard InChI is InChI=1S/C16H23N5/c17-12-4-5-14-15(9-12)19-16(18-14)11-20-7-8-21-6-2-1-3-13(21)10-20/h4-5,9,13H,1-3,6-8,10-11,17H2,(H,18,19). The lowest BCUT2D eigenvalue weighted by molar-refractivity contribution is 0.0446. The number of fused-ring (bicyclic) bond motifs is 2. The van der Waals surface area contributed by atoms with Crippen molar-refractivity contribution in [2.45, 2.75) is 31.8 Å². The van der Waals surface area contributed by atoms with Gasteiger partial charge in [0.1, 0.15) is 5.82 Å². The number of rotatable bonds is 2. The van der Waals surface area contributed by atoms with Gasteiger partial charge in [-0.05, 0) is 37.6 Å². The number of anilines is 1. The molecule has 5 heteroatoms. The summed E-state index contributed by atoms with van der Waals surface area (Å²) in [5.74, 6) is 1.06. The minimum absolute atomic E-state index is 0.757. The molecule has 1 unspecified atom stereocenters. The van der Waals surface area contributed by atoms with Gasteiger partial charge in [0.15, 0.2) is 0 Å². The van der Waals surface area contributed by atoms with Gasteiger partial charge in [0, 0.05) is 31.4 Å². The van der Waals surface area contributed by atoms with Crippen molar-refractivity contribution in [1.29, 1.82) is 0 Å². The van der Waals surface area contributed by atoms with Crippen molar-refractivity contribution in [3.05, 3.63) is 24.0 Å². The van der Waals surface area contributed by atoms with Crippen LogP contribution in [-0.4, -0.2) is 52.0 Å². The van der Waals surface area contributed by atoms with Crippen LogP contribution < -0.4 is 5.73 Å². The van der Waals surface area contributed by atoms with E-state index in [-0.39, 0.29) is 0 Å². The number of piperidine rings is 1. The van der Waals surface area contributed by atoms with Crippen molar-refractivity contribution >= 4 is 16.7 Å². The van der Waals surface area contributed by atoms with E-state index in [2.05, 4.69) is 19.8 Å². The first-order chi connectivity index (χ1) is 10.3. The Morgan fingerprint density at radius 1 is 1.24 bits per heavy atom. The van der Waals surface area contributed by atoms with E-state index in [1.807, 2.05) is 18.2 Å². The summed E-state index contributed by atoms with van der Waals surface area (Å²) in [6.45, 7) is 5.74. The first-order valence-corrected chi connectivity index (χ1v) is 7.98. The van der Waals surface area contributed by atoms with E-state index >= 15 is 0 Å². The lowest BCUT2D eigenvalue weighted by atomic mass is 9.99. The van der Waals surface area contributed by atoms with Gasteiger partial charge in [0.2, 0.25) is 0 Å². The monoisotopic (exact) mass is 285 g/mol. The van der Waals surface area contributed by atoms with Crippen LogP contribution in [-0.2, 0) is 6.54 Å². The van der Waals surface area contributed by atoms with Crippen molar-refractivity contribution in [1.82, 2.24) is 19.8 Å². The van der Waals surface area contributed by atoms with E-state index in [4.69, 9.17) is 5.73 Å². The zero-order valence-corrected chi connectivity index (χ0v) is 12.4. The van der Waals surface area contributed by atoms with Gasteiger partial charge in [-0.25, -0.2) is 4.98 Å². The van der Waals surface area contributed by atoms with Crippen molar-refractivity contribution < 1.29 is 0 Å². The van der Waals surface area contributed by atoms with Gasteiger partial charge in [-0.15, -0.1) is 0 Å². The molecule has 0 bridgehead atoms. The largest absolute Gasteiger partial charge is 0.399 e. The average Bonchev–Trinajstić information content (AvgIpc) is 2.88. The molecule has 3 heterocycles. The fraction of sp³-hybridized carbons (Fsp3) is 0.562. The van der Waals surface area contributed by atoms with Gasteiger partial charge >= 0.3 is 0 Å². The first-order valence-electron chi connectivity index (χ1n) is 7.98. The fourth-order valence-electron chi connectivity index (χ4n) is 3.73. The zero-order chi connectivity index (χ0) is 14.2. The molecule has 0 amide bonds. The van der Waals surface area contributed by atoms with Crippen molar-refractivity contribution in [2.24, 2.45) is 0 Å². The maximum Gasteiger partial charge on any atom is 0.121 e. The third-order valence-electron chi connectivity index (χ3n) is 4.85. The topological polar surface area (TPSA) is 61.2 Å². The fourth-order valence-corrected chi connectivity index (χ4v) is 3.73. The molecule has 0 radical (unpaired) electrons. The molecular formula is C16H23N5. The number of nitrogen functional groups attached to an aromatic ring is 1. The van der Waals surface area contributed by atoms with Crippen LogP contribution in [0.1, 0.15) is 25.1 Å². The van der Waals surface area contributed by atoms with Crippen LogP contribution in [0.3, 0.4) is 0 Å². The summed E-state index contributed by atoms with van der Waals surface area (Å²) in [7, 11) is 0. The number of aromatic amines is 1. The maximum atomic E-state index is 5.83. The number of nitrogens with zero attached hydrogens (tertiary/aromatic N) is 3. The molecule has 2 fully saturated rings. The summed E-state index contributed by atoms with van der Waals surface area (Å²) in [5.41, 5.74) is 8.67. The maximum absolute atomic E-state index is 5.83. The Bertz CT molecular complexity index is 635. The molecule has 2 aliphatic heterocycles. The van der Waals surface area contributed by atoms with Gasteiger partial charge in [-0.3, -0.25) is 9.80 Å². The predicted molar refractivity (Wildman–Crippen MR) is 85.0 cm³/mol. The van der Waals surface area contributed by atoms with E-state index in [9.17, 15) is 0 Å². The van der Waals surface area contributed by atoms with Gasteiger partial charge in [-0.2, -0.15) is 0 Å². The number of H-pyrrole nitrogens is 1. The van der Waals surface area contributed by atoms with Crippen LogP contribution in [0.4, 0.5) is 5.69 Å². The van der Waals surface area contributed by atoms with Crippen LogP contribution in [0, 0.1) is 0 Å². The summed E-state index contributed by atoms with van der Waals surface area (Å²) >= 11 is 0. The predicted octanol–water partition coefficient (Wildman–Crippen LogP) is 1.82. The average molecular weight is 285 g/mol. The van der Waals surface area contributed by atoms with Crippen LogP contribution in [0.15, 0.2) is 18.2 Å². The van der Waals surface area contributed by atoms with Gasteiger partial charge < -0.3 is 10.7 Å². The Labute approximate surface area is 125 Å². The second-order valence-electron chi connectivity index (χ2n) is 6.38. The molecule has 4 rings (SSSR count). The highest BCUT2D eigenvalue weighted by molar-refractivity contribution is 5.78. The molecule has 5 nitrogen and oxygen atoms in total. The number of hydrogen-bond donors (Lipinski definition) is 2. The van der Waals surface area contributed by atoms with Crippen molar-refractivity contribution in [2.75, 3.05) is 31.9 Å². The molecule has 3 N–H and O–H groups in total. The Kier molecular flexibility index (Phi) is 3.31. The lowest BCUT2D eigenvalue weighted by Crippen LogP contribution is -2.54. The molecule has 21 heavy (non-hydrogen) atoms. The summed E-state index contributed by atoms with van der Waals surface area (Å²) < 4.78 is 0. The minimum atomic E-state index is 0.757. The van der Waals surface area contributed by atoms with Crippen molar-refractivity contribution in [3.8, 4) is 0 Å². The second-order valence-corrected chi connectivity index (χ2v) is 6.38. The van der Waals surface area contributed by atoms with E-state index in [1.54, 1.807) is 0 Å². The molecule has 112 valence electrons. The first kappa shape index (κ1) is 13.1. The molecule has 2 aliphatic rings. The third-order valence-corrected chi connectivity index (χ3v) is 4.85. The summed E-state index contributed by atoms with van der Waals surface area (Å²) in [5, 5.41) is 0. The molecule has 0 aliphatic carbocycles. The summed E-state index contributed by atoms with van der Waals surface area (Å²) in [6, 6.07) is 6.62. The molecule has 0 spiro atoms. The van der Waals surface area contributed by atoms with E-state index in [0.717, 1.165) is 41.7 Å². The zero-order valence-electron chi connectivity index (χ0n) is 12.4. The number of benzene rings is 1. The quantitative estimate of drug-likeness (QED) is 0.826. The van der Waals surface area contributed by atoms with Crippen LogP contribution in [0.5, 0.6) is 0 Å². The normalized spacial score (nSPS) is 24.3. The van der Waals surface area contributed by atoms with Crippen LogP contribution in [0.2, 0.25) is 0 Å². The SMILES string of the molecule is Nc1ccc2nc(CN3CCN4CCCCC4C3)[nH]c2c1. The number of nitrogens with two attached hydrogens (primary N) is 1. The smallest absolute Gasteiger partial charge is 0.121 e. The summed E-state index contributed by atoms with van der Waals surface area (Å²) in [6.07, 6.45) is 4.12. The lowest BCUT2D eigenvalue weighted by Gasteiger charge is -2.43. The number of piperazine rings is 1.